The van der Waals surface area contributed by atoms with Crippen molar-refractivity contribution < 1.29 is 13.2 Å². The van der Waals surface area contributed by atoms with Gasteiger partial charge in [-0.25, -0.2) is 17.5 Å². The van der Waals surface area contributed by atoms with E-state index in [0.717, 1.165) is 6.42 Å². The molecule has 1 fully saturated rings. The van der Waals surface area contributed by atoms with E-state index in [1.807, 2.05) is 30.3 Å². The highest BCUT2D eigenvalue weighted by atomic mass is 32.2. The van der Waals surface area contributed by atoms with Crippen LogP contribution in [-0.4, -0.2) is 50.7 Å². The number of nitrogens with one attached hydrogen (secondary N) is 2. The molecule has 0 spiro atoms. The fourth-order valence-electron chi connectivity index (χ4n) is 2.53. The lowest BCUT2D eigenvalue weighted by atomic mass is 10.1. The van der Waals surface area contributed by atoms with Gasteiger partial charge >= 0.3 is 6.03 Å². The number of carbonyl (C=O) groups excluding carboxylic acids is 1. The average molecular weight is 325 g/mol. The lowest BCUT2D eigenvalue weighted by Gasteiger charge is -2.30. The Morgan fingerprint density at radius 1 is 1.23 bits per heavy atom. The van der Waals surface area contributed by atoms with Crippen molar-refractivity contribution in [3.8, 4) is 0 Å². The molecule has 1 aromatic rings. The fourth-order valence-corrected chi connectivity index (χ4v) is 3.41. The Morgan fingerprint density at radius 2 is 1.86 bits per heavy atom. The Balaban J connectivity index is 1.66. The third-order valence-electron chi connectivity index (χ3n) is 3.80. The molecule has 122 valence electrons. The smallest absolute Gasteiger partial charge is 0.315 e. The first-order valence-electron chi connectivity index (χ1n) is 7.48. The maximum absolute atomic E-state index is 11.8. The molecular weight excluding hydrogens is 302 g/mol. The highest BCUT2D eigenvalue weighted by Crippen LogP contribution is 2.12. The number of urea groups is 1. The van der Waals surface area contributed by atoms with Crippen LogP contribution in [-0.2, 0) is 16.4 Å². The van der Waals surface area contributed by atoms with Gasteiger partial charge < -0.3 is 10.6 Å². The molecule has 2 N–H and O–H groups in total. The maximum Gasteiger partial charge on any atom is 0.315 e. The number of carbonyl (C=O) groups is 1. The van der Waals surface area contributed by atoms with E-state index in [9.17, 15) is 13.2 Å². The molecule has 1 aliphatic heterocycles. The summed E-state index contributed by atoms with van der Waals surface area (Å²) in [6.07, 6.45) is 3.32. The van der Waals surface area contributed by atoms with Crippen LogP contribution in [0.2, 0.25) is 0 Å². The molecule has 0 radical (unpaired) electrons. The van der Waals surface area contributed by atoms with Gasteiger partial charge in [-0.15, -0.1) is 0 Å². The van der Waals surface area contributed by atoms with Gasteiger partial charge in [-0.05, 0) is 24.8 Å². The van der Waals surface area contributed by atoms with Crippen LogP contribution in [0.25, 0.3) is 0 Å². The number of benzene rings is 1. The van der Waals surface area contributed by atoms with Crippen molar-refractivity contribution in [2.75, 3.05) is 25.9 Å². The monoisotopic (exact) mass is 325 g/mol. The SMILES string of the molecule is CS(=O)(=O)N1CCC(NC(=O)NCCc2ccccc2)CC1. The second-order valence-electron chi connectivity index (χ2n) is 5.57. The predicted molar refractivity (Wildman–Crippen MR) is 86.1 cm³/mol. The quantitative estimate of drug-likeness (QED) is 0.846. The van der Waals surface area contributed by atoms with E-state index in [4.69, 9.17) is 0 Å². The lowest BCUT2D eigenvalue weighted by Crippen LogP contribution is -2.49. The maximum atomic E-state index is 11.8. The number of hydrogen-bond donors (Lipinski definition) is 2. The van der Waals surface area contributed by atoms with Crippen LogP contribution in [0.5, 0.6) is 0 Å². The number of rotatable bonds is 5. The molecule has 2 amide bonds. The summed E-state index contributed by atoms with van der Waals surface area (Å²) in [5.74, 6) is 0. The summed E-state index contributed by atoms with van der Waals surface area (Å²) in [7, 11) is -3.12. The summed E-state index contributed by atoms with van der Waals surface area (Å²) in [5.41, 5.74) is 1.18. The molecule has 1 heterocycles. The summed E-state index contributed by atoms with van der Waals surface area (Å²) in [6.45, 7) is 1.51. The summed E-state index contributed by atoms with van der Waals surface area (Å²) in [4.78, 5) is 11.8. The Bertz CT molecular complexity index is 581. The molecule has 1 saturated heterocycles. The third-order valence-corrected chi connectivity index (χ3v) is 5.10. The highest BCUT2D eigenvalue weighted by Gasteiger charge is 2.25. The van der Waals surface area contributed by atoms with E-state index in [2.05, 4.69) is 10.6 Å². The molecule has 7 heteroatoms. The summed E-state index contributed by atoms with van der Waals surface area (Å²) < 4.78 is 24.3. The van der Waals surface area contributed by atoms with Crippen LogP contribution >= 0.6 is 0 Å². The van der Waals surface area contributed by atoms with Gasteiger partial charge in [-0.1, -0.05) is 30.3 Å². The van der Waals surface area contributed by atoms with Gasteiger partial charge in [-0.3, -0.25) is 0 Å². The van der Waals surface area contributed by atoms with Crippen LogP contribution in [0.15, 0.2) is 30.3 Å². The van der Waals surface area contributed by atoms with E-state index >= 15 is 0 Å². The molecule has 0 saturated carbocycles. The van der Waals surface area contributed by atoms with Crippen molar-refractivity contribution in [1.82, 2.24) is 14.9 Å². The van der Waals surface area contributed by atoms with Crippen molar-refractivity contribution in [2.45, 2.75) is 25.3 Å². The first-order valence-corrected chi connectivity index (χ1v) is 9.33. The molecule has 2 rings (SSSR count). The van der Waals surface area contributed by atoms with Crippen molar-refractivity contribution in [1.29, 1.82) is 0 Å². The average Bonchev–Trinajstić information content (AvgIpc) is 2.48. The van der Waals surface area contributed by atoms with Gasteiger partial charge in [0.05, 0.1) is 6.26 Å². The molecule has 1 aliphatic rings. The molecule has 0 aliphatic carbocycles. The second kappa shape index (κ2) is 7.60. The second-order valence-corrected chi connectivity index (χ2v) is 7.55. The van der Waals surface area contributed by atoms with Crippen molar-refractivity contribution >= 4 is 16.1 Å². The number of amides is 2. The zero-order chi connectivity index (χ0) is 16.0. The van der Waals surface area contributed by atoms with Gasteiger partial charge in [0.25, 0.3) is 0 Å². The zero-order valence-corrected chi connectivity index (χ0v) is 13.6. The number of hydrogen-bond acceptors (Lipinski definition) is 3. The molecular formula is C15H23N3O3S. The standard InChI is InChI=1S/C15H23N3O3S/c1-22(20,21)18-11-8-14(9-12-18)17-15(19)16-10-7-13-5-3-2-4-6-13/h2-6,14H,7-12H2,1H3,(H2,16,17,19). The number of sulfonamides is 1. The molecule has 0 unspecified atom stereocenters. The van der Waals surface area contributed by atoms with Crippen LogP contribution in [0.3, 0.4) is 0 Å². The highest BCUT2D eigenvalue weighted by molar-refractivity contribution is 7.88. The van der Waals surface area contributed by atoms with Crippen LogP contribution in [0.1, 0.15) is 18.4 Å². The Morgan fingerprint density at radius 3 is 2.45 bits per heavy atom. The largest absolute Gasteiger partial charge is 0.338 e. The van der Waals surface area contributed by atoms with Gasteiger partial charge in [0.15, 0.2) is 0 Å². The van der Waals surface area contributed by atoms with E-state index < -0.39 is 10.0 Å². The molecule has 0 bridgehead atoms. The minimum atomic E-state index is -3.12. The molecule has 0 atom stereocenters. The third kappa shape index (κ3) is 5.31. The molecule has 22 heavy (non-hydrogen) atoms. The van der Waals surface area contributed by atoms with Crippen LogP contribution in [0.4, 0.5) is 4.79 Å². The normalized spacial score (nSPS) is 17.1. The topological polar surface area (TPSA) is 78.5 Å². The number of nitrogens with zero attached hydrogens (tertiary/aromatic N) is 1. The fraction of sp³-hybridized carbons (Fsp3) is 0.533. The summed E-state index contributed by atoms with van der Waals surface area (Å²) >= 11 is 0. The molecule has 6 nitrogen and oxygen atoms in total. The minimum Gasteiger partial charge on any atom is -0.338 e. The van der Waals surface area contributed by atoms with E-state index in [1.54, 1.807) is 0 Å². The number of piperidine rings is 1. The minimum absolute atomic E-state index is 0.0368. The summed E-state index contributed by atoms with van der Waals surface area (Å²) in [6, 6.07) is 9.83. The van der Waals surface area contributed by atoms with Crippen molar-refractivity contribution in [3.63, 3.8) is 0 Å². The predicted octanol–water partition coefficient (Wildman–Crippen LogP) is 0.952. The van der Waals surface area contributed by atoms with Gasteiger partial charge in [0, 0.05) is 25.7 Å². The van der Waals surface area contributed by atoms with Crippen LogP contribution in [0, 0.1) is 0 Å². The van der Waals surface area contributed by atoms with E-state index in [0.29, 0.717) is 32.5 Å². The lowest BCUT2D eigenvalue weighted by molar-refractivity contribution is 0.228. The zero-order valence-electron chi connectivity index (χ0n) is 12.8. The Hall–Kier alpha value is -1.60. The van der Waals surface area contributed by atoms with Gasteiger partial charge in [0.1, 0.15) is 0 Å². The molecule has 1 aromatic carbocycles. The van der Waals surface area contributed by atoms with E-state index in [-0.39, 0.29) is 12.1 Å². The first kappa shape index (κ1) is 16.8. The van der Waals surface area contributed by atoms with Gasteiger partial charge in [0.2, 0.25) is 10.0 Å². The van der Waals surface area contributed by atoms with Gasteiger partial charge in [-0.2, -0.15) is 0 Å². The summed E-state index contributed by atoms with van der Waals surface area (Å²) in [5, 5.41) is 5.74. The van der Waals surface area contributed by atoms with E-state index in [1.165, 1.54) is 16.1 Å². The van der Waals surface area contributed by atoms with Crippen molar-refractivity contribution in [2.24, 2.45) is 0 Å². The molecule has 0 aromatic heterocycles. The Labute approximate surface area is 131 Å². The van der Waals surface area contributed by atoms with Crippen LogP contribution < -0.4 is 10.6 Å². The van der Waals surface area contributed by atoms with Crippen molar-refractivity contribution in [3.05, 3.63) is 35.9 Å². The first-order chi connectivity index (χ1) is 10.4. The Kier molecular flexibility index (Phi) is 5.79.